The van der Waals surface area contributed by atoms with Crippen LogP contribution in [0.15, 0.2) is 36.5 Å². The van der Waals surface area contributed by atoms with Crippen molar-refractivity contribution < 1.29 is 5.11 Å². The van der Waals surface area contributed by atoms with E-state index < -0.39 is 0 Å². The molecule has 1 aromatic carbocycles. The molecule has 1 heterocycles. The van der Waals surface area contributed by atoms with E-state index in [0.717, 1.165) is 17.8 Å². The first-order chi connectivity index (χ1) is 8.70. The summed E-state index contributed by atoms with van der Waals surface area (Å²) in [6, 6.07) is 10.1. The summed E-state index contributed by atoms with van der Waals surface area (Å²) in [5, 5.41) is 17.1. The lowest BCUT2D eigenvalue weighted by Gasteiger charge is -2.15. The Hall–Kier alpha value is -1.65. The summed E-state index contributed by atoms with van der Waals surface area (Å²) in [7, 11) is 1.89. The SMILES string of the molecule is Cc1nn(C)cc1C(CO)NCc1ccccc1. The third-order valence-corrected chi connectivity index (χ3v) is 3.00. The fourth-order valence-electron chi connectivity index (χ4n) is 2.07. The summed E-state index contributed by atoms with van der Waals surface area (Å²) < 4.78 is 1.78. The topological polar surface area (TPSA) is 50.1 Å². The number of aryl methyl sites for hydroxylation is 2. The highest BCUT2D eigenvalue weighted by atomic mass is 16.3. The van der Waals surface area contributed by atoms with Crippen molar-refractivity contribution in [1.29, 1.82) is 0 Å². The minimum Gasteiger partial charge on any atom is -0.394 e. The van der Waals surface area contributed by atoms with Crippen LogP contribution in [0.25, 0.3) is 0 Å². The summed E-state index contributed by atoms with van der Waals surface area (Å²) in [6.45, 7) is 2.77. The van der Waals surface area contributed by atoms with Crippen LogP contribution in [0.1, 0.15) is 22.9 Å². The molecule has 0 aliphatic rings. The molecule has 0 aliphatic carbocycles. The average molecular weight is 245 g/mol. The number of benzene rings is 1. The molecule has 0 bridgehead atoms. The fraction of sp³-hybridized carbons (Fsp3) is 0.357. The molecule has 2 rings (SSSR count). The molecule has 0 fully saturated rings. The van der Waals surface area contributed by atoms with Gasteiger partial charge in [0, 0.05) is 25.4 Å². The van der Waals surface area contributed by atoms with Gasteiger partial charge in [-0.2, -0.15) is 5.10 Å². The van der Waals surface area contributed by atoms with Crippen LogP contribution in [-0.2, 0) is 13.6 Å². The van der Waals surface area contributed by atoms with Crippen molar-refractivity contribution in [2.24, 2.45) is 7.05 Å². The Morgan fingerprint density at radius 2 is 2.06 bits per heavy atom. The monoisotopic (exact) mass is 245 g/mol. The number of rotatable bonds is 5. The fourth-order valence-corrected chi connectivity index (χ4v) is 2.07. The zero-order valence-corrected chi connectivity index (χ0v) is 10.8. The van der Waals surface area contributed by atoms with E-state index in [2.05, 4.69) is 22.5 Å². The van der Waals surface area contributed by atoms with E-state index in [9.17, 15) is 5.11 Å². The van der Waals surface area contributed by atoms with Gasteiger partial charge in [-0.05, 0) is 12.5 Å². The van der Waals surface area contributed by atoms with Gasteiger partial charge >= 0.3 is 0 Å². The van der Waals surface area contributed by atoms with Crippen LogP contribution < -0.4 is 5.32 Å². The van der Waals surface area contributed by atoms with Crippen molar-refractivity contribution in [2.45, 2.75) is 19.5 Å². The second kappa shape index (κ2) is 5.80. The lowest BCUT2D eigenvalue weighted by atomic mass is 10.1. The second-order valence-electron chi connectivity index (χ2n) is 4.45. The van der Waals surface area contributed by atoms with Gasteiger partial charge < -0.3 is 10.4 Å². The maximum absolute atomic E-state index is 9.49. The van der Waals surface area contributed by atoms with Crippen molar-refractivity contribution in [1.82, 2.24) is 15.1 Å². The van der Waals surface area contributed by atoms with Gasteiger partial charge in [0.05, 0.1) is 18.3 Å². The van der Waals surface area contributed by atoms with Gasteiger partial charge in [-0.1, -0.05) is 30.3 Å². The molecule has 18 heavy (non-hydrogen) atoms. The lowest BCUT2D eigenvalue weighted by molar-refractivity contribution is 0.243. The largest absolute Gasteiger partial charge is 0.394 e. The zero-order valence-electron chi connectivity index (χ0n) is 10.8. The number of aromatic nitrogens is 2. The second-order valence-corrected chi connectivity index (χ2v) is 4.45. The van der Waals surface area contributed by atoms with Crippen LogP contribution in [0, 0.1) is 6.92 Å². The molecule has 2 N–H and O–H groups in total. The minimum absolute atomic E-state index is 0.0688. The van der Waals surface area contributed by atoms with E-state index in [-0.39, 0.29) is 12.6 Å². The highest BCUT2D eigenvalue weighted by Crippen LogP contribution is 2.16. The Kier molecular flexibility index (Phi) is 4.12. The summed E-state index contributed by atoms with van der Waals surface area (Å²) in [5.74, 6) is 0. The molecule has 2 aromatic rings. The van der Waals surface area contributed by atoms with E-state index in [4.69, 9.17) is 0 Å². The molecule has 0 radical (unpaired) electrons. The highest BCUT2D eigenvalue weighted by molar-refractivity contribution is 5.21. The molecular weight excluding hydrogens is 226 g/mol. The molecule has 0 saturated heterocycles. The van der Waals surface area contributed by atoms with Crippen molar-refractivity contribution in [3.05, 3.63) is 53.3 Å². The summed E-state index contributed by atoms with van der Waals surface area (Å²) >= 11 is 0. The molecule has 1 aromatic heterocycles. The van der Waals surface area contributed by atoms with E-state index >= 15 is 0 Å². The number of nitrogens with one attached hydrogen (secondary N) is 1. The molecule has 1 atom stereocenters. The predicted molar refractivity (Wildman–Crippen MR) is 71.1 cm³/mol. The van der Waals surface area contributed by atoms with Gasteiger partial charge in [0.15, 0.2) is 0 Å². The van der Waals surface area contributed by atoms with Crippen LogP contribution in [0.5, 0.6) is 0 Å². The summed E-state index contributed by atoms with van der Waals surface area (Å²) in [5.41, 5.74) is 3.21. The van der Waals surface area contributed by atoms with Crippen molar-refractivity contribution in [2.75, 3.05) is 6.61 Å². The molecule has 4 nitrogen and oxygen atoms in total. The minimum atomic E-state index is -0.0705. The van der Waals surface area contributed by atoms with Crippen LogP contribution in [0.2, 0.25) is 0 Å². The van der Waals surface area contributed by atoms with Crippen LogP contribution in [-0.4, -0.2) is 21.5 Å². The molecular formula is C14H19N3O. The smallest absolute Gasteiger partial charge is 0.0642 e. The summed E-state index contributed by atoms with van der Waals surface area (Å²) in [6.07, 6.45) is 1.95. The van der Waals surface area contributed by atoms with E-state index in [1.165, 1.54) is 5.56 Å². The molecule has 0 amide bonds. The third kappa shape index (κ3) is 2.97. The first-order valence-corrected chi connectivity index (χ1v) is 6.09. The summed E-state index contributed by atoms with van der Waals surface area (Å²) in [4.78, 5) is 0. The molecule has 1 unspecified atom stereocenters. The molecule has 0 aliphatic heterocycles. The van der Waals surface area contributed by atoms with E-state index in [0.29, 0.717) is 0 Å². The first kappa shape index (κ1) is 12.8. The molecule has 0 spiro atoms. The first-order valence-electron chi connectivity index (χ1n) is 6.09. The van der Waals surface area contributed by atoms with Gasteiger partial charge in [0.25, 0.3) is 0 Å². The van der Waals surface area contributed by atoms with Gasteiger partial charge in [0.1, 0.15) is 0 Å². The lowest BCUT2D eigenvalue weighted by Crippen LogP contribution is -2.24. The van der Waals surface area contributed by atoms with Crippen LogP contribution in [0.4, 0.5) is 0 Å². The third-order valence-electron chi connectivity index (χ3n) is 3.00. The van der Waals surface area contributed by atoms with Crippen LogP contribution >= 0.6 is 0 Å². The number of hydrogen-bond donors (Lipinski definition) is 2. The number of hydrogen-bond acceptors (Lipinski definition) is 3. The Bertz CT molecular complexity index is 493. The number of aliphatic hydroxyl groups is 1. The predicted octanol–water partition coefficient (Wildman–Crippen LogP) is 1.55. The Morgan fingerprint density at radius 3 is 2.61 bits per heavy atom. The average Bonchev–Trinajstić information content (AvgIpc) is 2.71. The van der Waals surface area contributed by atoms with Crippen molar-refractivity contribution in [3.63, 3.8) is 0 Å². The van der Waals surface area contributed by atoms with Gasteiger partial charge in [-0.3, -0.25) is 4.68 Å². The van der Waals surface area contributed by atoms with Gasteiger partial charge in [-0.15, -0.1) is 0 Å². The van der Waals surface area contributed by atoms with E-state index in [1.54, 1.807) is 4.68 Å². The maximum atomic E-state index is 9.49. The molecule has 0 saturated carbocycles. The molecule has 4 heteroatoms. The van der Waals surface area contributed by atoms with Crippen molar-refractivity contribution >= 4 is 0 Å². The van der Waals surface area contributed by atoms with Crippen LogP contribution in [0.3, 0.4) is 0 Å². The highest BCUT2D eigenvalue weighted by Gasteiger charge is 2.14. The van der Waals surface area contributed by atoms with Gasteiger partial charge in [0.2, 0.25) is 0 Å². The number of aliphatic hydroxyl groups excluding tert-OH is 1. The maximum Gasteiger partial charge on any atom is 0.0642 e. The zero-order chi connectivity index (χ0) is 13.0. The molecule has 96 valence electrons. The van der Waals surface area contributed by atoms with Gasteiger partial charge in [-0.25, -0.2) is 0 Å². The number of nitrogens with zero attached hydrogens (tertiary/aromatic N) is 2. The normalized spacial score (nSPS) is 12.6. The Morgan fingerprint density at radius 1 is 1.33 bits per heavy atom. The Balaban J connectivity index is 2.04. The standard InChI is InChI=1S/C14H19N3O/c1-11-13(9-17(2)16-11)14(10-18)15-8-12-6-4-3-5-7-12/h3-7,9,14-15,18H,8,10H2,1-2H3. The van der Waals surface area contributed by atoms with E-state index in [1.807, 2.05) is 38.4 Å². The Labute approximate surface area is 107 Å². The quantitative estimate of drug-likeness (QED) is 0.840. The van der Waals surface area contributed by atoms with Crippen molar-refractivity contribution in [3.8, 4) is 0 Å².